The summed E-state index contributed by atoms with van der Waals surface area (Å²) in [6.07, 6.45) is 2.85. The summed E-state index contributed by atoms with van der Waals surface area (Å²) in [5.41, 5.74) is 3.05. The van der Waals surface area contributed by atoms with Gasteiger partial charge in [-0.3, -0.25) is 4.79 Å². The lowest BCUT2D eigenvalue weighted by atomic mass is 10.2. The van der Waals surface area contributed by atoms with Crippen LogP contribution in [0.1, 0.15) is 16.1 Å². The molecule has 0 radical (unpaired) electrons. The second kappa shape index (κ2) is 3.77. The van der Waals surface area contributed by atoms with E-state index in [2.05, 4.69) is 6.07 Å². The Balaban J connectivity index is 1.98. The molecule has 1 aliphatic heterocycles. The first-order valence-electron chi connectivity index (χ1n) is 5.78. The van der Waals surface area contributed by atoms with Crippen LogP contribution >= 0.6 is 0 Å². The van der Waals surface area contributed by atoms with Crippen molar-refractivity contribution in [1.82, 2.24) is 4.57 Å². The minimum atomic E-state index is 0.0856. The van der Waals surface area contributed by atoms with Gasteiger partial charge in [-0.2, -0.15) is 0 Å². The summed E-state index contributed by atoms with van der Waals surface area (Å²) in [6, 6.07) is 11.9. The summed E-state index contributed by atoms with van der Waals surface area (Å²) < 4.78 is 1.86. The molecule has 1 aromatic carbocycles. The van der Waals surface area contributed by atoms with Gasteiger partial charge in [-0.05, 0) is 30.2 Å². The van der Waals surface area contributed by atoms with Crippen LogP contribution in [-0.2, 0) is 13.5 Å². The zero-order valence-corrected chi connectivity index (χ0v) is 9.76. The second-order valence-electron chi connectivity index (χ2n) is 4.34. The van der Waals surface area contributed by atoms with Crippen molar-refractivity contribution >= 4 is 11.6 Å². The number of carbonyl (C=O) groups is 1. The van der Waals surface area contributed by atoms with E-state index in [1.54, 1.807) is 0 Å². The molecule has 0 bridgehead atoms. The molecule has 0 saturated heterocycles. The van der Waals surface area contributed by atoms with Crippen LogP contribution in [0, 0.1) is 0 Å². The molecule has 0 spiro atoms. The molecule has 2 aromatic rings. The van der Waals surface area contributed by atoms with Gasteiger partial charge in [0.05, 0.1) is 0 Å². The van der Waals surface area contributed by atoms with Crippen LogP contribution < -0.4 is 4.90 Å². The molecule has 1 amide bonds. The maximum Gasteiger partial charge on any atom is 0.274 e. The predicted octanol–water partition coefficient (Wildman–Crippen LogP) is 2.23. The molecule has 3 heteroatoms. The summed E-state index contributed by atoms with van der Waals surface area (Å²) in [5, 5.41) is 0. The third-order valence-electron chi connectivity index (χ3n) is 3.30. The van der Waals surface area contributed by atoms with E-state index in [4.69, 9.17) is 0 Å². The highest BCUT2D eigenvalue weighted by atomic mass is 16.2. The number of amides is 1. The van der Waals surface area contributed by atoms with Crippen LogP contribution in [0.25, 0.3) is 0 Å². The van der Waals surface area contributed by atoms with Crippen molar-refractivity contribution in [3.8, 4) is 0 Å². The molecule has 0 fully saturated rings. The Morgan fingerprint density at radius 3 is 2.76 bits per heavy atom. The molecule has 0 atom stereocenters. The topological polar surface area (TPSA) is 25.2 Å². The lowest BCUT2D eigenvalue weighted by molar-refractivity contribution is 0.0981. The van der Waals surface area contributed by atoms with Gasteiger partial charge in [0.2, 0.25) is 0 Å². The van der Waals surface area contributed by atoms with Gasteiger partial charge >= 0.3 is 0 Å². The molecule has 0 unspecified atom stereocenters. The number of aryl methyl sites for hydroxylation is 1. The number of carbonyl (C=O) groups excluding carboxylic acids is 1. The van der Waals surface area contributed by atoms with E-state index in [0.29, 0.717) is 0 Å². The van der Waals surface area contributed by atoms with E-state index in [-0.39, 0.29) is 5.91 Å². The van der Waals surface area contributed by atoms with Crippen molar-refractivity contribution < 1.29 is 4.79 Å². The normalized spacial score (nSPS) is 13.8. The average Bonchev–Trinajstić information content (AvgIpc) is 2.94. The first kappa shape index (κ1) is 10.1. The summed E-state index contributed by atoms with van der Waals surface area (Å²) in [4.78, 5) is 14.3. The highest BCUT2D eigenvalue weighted by Crippen LogP contribution is 2.28. The van der Waals surface area contributed by atoms with Gasteiger partial charge in [-0.15, -0.1) is 0 Å². The van der Waals surface area contributed by atoms with E-state index in [1.807, 2.05) is 53.0 Å². The van der Waals surface area contributed by atoms with Crippen molar-refractivity contribution in [2.45, 2.75) is 6.42 Å². The molecule has 86 valence electrons. The SMILES string of the molecule is Cn1cccc1C(=O)N1CCc2ccccc21. The van der Waals surface area contributed by atoms with Crippen LogP contribution in [0.2, 0.25) is 0 Å². The Hall–Kier alpha value is -2.03. The molecule has 2 heterocycles. The Labute approximate surface area is 100 Å². The fourth-order valence-electron chi connectivity index (χ4n) is 2.37. The zero-order valence-electron chi connectivity index (χ0n) is 9.76. The van der Waals surface area contributed by atoms with E-state index >= 15 is 0 Å². The average molecular weight is 226 g/mol. The van der Waals surface area contributed by atoms with Crippen LogP contribution in [-0.4, -0.2) is 17.0 Å². The number of fused-ring (bicyclic) bond motifs is 1. The summed E-state index contributed by atoms with van der Waals surface area (Å²) in [7, 11) is 1.90. The molecule has 1 aliphatic rings. The maximum atomic E-state index is 12.4. The van der Waals surface area contributed by atoms with Gasteiger partial charge in [0.25, 0.3) is 5.91 Å². The summed E-state index contributed by atoms with van der Waals surface area (Å²) in [5.74, 6) is 0.0856. The second-order valence-corrected chi connectivity index (χ2v) is 4.34. The lowest BCUT2D eigenvalue weighted by Crippen LogP contribution is -2.30. The monoisotopic (exact) mass is 226 g/mol. The van der Waals surface area contributed by atoms with Crippen molar-refractivity contribution in [2.24, 2.45) is 7.05 Å². The molecular weight excluding hydrogens is 212 g/mol. The first-order valence-corrected chi connectivity index (χ1v) is 5.78. The highest BCUT2D eigenvalue weighted by molar-refractivity contribution is 6.06. The smallest absolute Gasteiger partial charge is 0.274 e. The Morgan fingerprint density at radius 1 is 1.18 bits per heavy atom. The van der Waals surface area contributed by atoms with Gasteiger partial charge in [-0.25, -0.2) is 0 Å². The quantitative estimate of drug-likeness (QED) is 0.732. The highest BCUT2D eigenvalue weighted by Gasteiger charge is 2.25. The lowest BCUT2D eigenvalue weighted by Gasteiger charge is -2.17. The number of hydrogen-bond acceptors (Lipinski definition) is 1. The zero-order chi connectivity index (χ0) is 11.8. The van der Waals surface area contributed by atoms with Crippen molar-refractivity contribution in [1.29, 1.82) is 0 Å². The maximum absolute atomic E-state index is 12.4. The number of nitrogens with zero attached hydrogens (tertiary/aromatic N) is 2. The molecule has 0 aliphatic carbocycles. The molecule has 17 heavy (non-hydrogen) atoms. The molecule has 3 nitrogen and oxygen atoms in total. The number of benzene rings is 1. The van der Waals surface area contributed by atoms with Gasteiger partial charge in [-0.1, -0.05) is 18.2 Å². The van der Waals surface area contributed by atoms with E-state index < -0.39 is 0 Å². The summed E-state index contributed by atoms with van der Waals surface area (Å²) in [6.45, 7) is 0.781. The molecule has 3 rings (SSSR count). The summed E-state index contributed by atoms with van der Waals surface area (Å²) >= 11 is 0. The fraction of sp³-hybridized carbons (Fsp3) is 0.214. The third kappa shape index (κ3) is 1.55. The Morgan fingerprint density at radius 2 is 2.00 bits per heavy atom. The number of aromatic nitrogens is 1. The minimum Gasteiger partial charge on any atom is -0.347 e. The largest absolute Gasteiger partial charge is 0.347 e. The number of rotatable bonds is 1. The van der Waals surface area contributed by atoms with Crippen LogP contribution in [0.15, 0.2) is 42.6 Å². The molecule has 0 saturated carbocycles. The van der Waals surface area contributed by atoms with Crippen molar-refractivity contribution in [3.05, 3.63) is 53.9 Å². The Bertz CT molecular complexity index is 571. The van der Waals surface area contributed by atoms with Crippen LogP contribution in [0.5, 0.6) is 0 Å². The van der Waals surface area contributed by atoms with Crippen molar-refractivity contribution in [3.63, 3.8) is 0 Å². The molecule has 0 N–H and O–H groups in total. The Kier molecular flexibility index (Phi) is 2.25. The first-order chi connectivity index (χ1) is 8.27. The van der Waals surface area contributed by atoms with E-state index in [1.165, 1.54) is 5.56 Å². The van der Waals surface area contributed by atoms with Gasteiger partial charge < -0.3 is 9.47 Å². The van der Waals surface area contributed by atoms with Gasteiger partial charge in [0, 0.05) is 25.5 Å². The van der Waals surface area contributed by atoms with Crippen molar-refractivity contribution in [2.75, 3.05) is 11.4 Å². The molecular formula is C14H14N2O. The van der Waals surface area contributed by atoms with E-state index in [0.717, 1.165) is 24.3 Å². The number of para-hydroxylation sites is 1. The van der Waals surface area contributed by atoms with Crippen LogP contribution in [0.4, 0.5) is 5.69 Å². The van der Waals surface area contributed by atoms with Gasteiger partial charge in [0.1, 0.15) is 5.69 Å². The number of anilines is 1. The standard InChI is InChI=1S/C14H14N2O/c1-15-9-4-7-13(15)14(17)16-10-8-11-5-2-3-6-12(11)16/h2-7,9H,8,10H2,1H3. The van der Waals surface area contributed by atoms with E-state index in [9.17, 15) is 4.79 Å². The van der Waals surface area contributed by atoms with Gasteiger partial charge in [0.15, 0.2) is 0 Å². The third-order valence-corrected chi connectivity index (χ3v) is 3.30. The number of hydrogen-bond donors (Lipinski definition) is 0. The molecule has 1 aromatic heterocycles. The van der Waals surface area contributed by atoms with Crippen LogP contribution in [0.3, 0.4) is 0 Å². The predicted molar refractivity (Wildman–Crippen MR) is 67.2 cm³/mol. The minimum absolute atomic E-state index is 0.0856. The fourth-order valence-corrected chi connectivity index (χ4v) is 2.37.